The van der Waals surface area contributed by atoms with Crippen molar-refractivity contribution in [2.45, 2.75) is 18.2 Å². The zero-order valence-electron chi connectivity index (χ0n) is 12.2. The number of hydrogen-bond donors (Lipinski definition) is 1. The molecule has 1 N–H and O–H groups in total. The summed E-state index contributed by atoms with van der Waals surface area (Å²) in [4.78, 5) is 0. The maximum Gasteiger partial charge on any atom is 0.0791 e. The van der Waals surface area contributed by atoms with E-state index in [0.717, 1.165) is 17.9 Å². The van der Waals surface area contributed by atoms with Gasteiger partial charge in [-0.05, 0) is 23.6 Å². The van der Waals surface area contributed by atoms with Crippen molar-refractivity contribution in [3.63, 3.8) is 0 Å². The molecule has 4 unspecified atom stereocenters. The minimum absolute atomic E-state index is 0.0125. The molecule has 1 aliphatic rings. The lowest BCUT2D eigenvalue weighted by molar-refractivity contribution is 0.485. The monoisotopic (exact) mass is 299 g/mol. The topological polar surface area (TPSA) is 29.1 Å². The number of benzene rings is 2. The molecule has 0 aliphatic carbocycles. The first-order valence-electron chi connectivity index (χ1n) is 7.46. The fraction of sp³-hybridized carbons (Fsp3) is 0.333. The average Bonchev–Trinajstić information content (AvgIpc) is 2.67. The summed E-state index contributed by atoms with van der Waals surface area (Å²) in [6.07, 6.45) is 0. The zero-order valence-corrected chi connectivity index (χ0v) is 13.1. The van der Waals surface area contributed by atoms with Crippen LogP contribution in [0.2, 0.25) is 0 Å². The highest BCUT2D eigenvalue weighted by molar-refractivity contribution is 7.85. The Balaban J connectivity index is 2.03. The molecule has 0 aromatic heterocycles. The second kappa shape index (κ2) is 6.54. The van der Waals surface area contributed by atoms with Gasteiger partial charge in [-0.1, -0.05) is 67.6 Å². The van der Waals surface area contributed by atoms with E-state index in [2.05, 4.69) is 48.6 Å². The van der Waals surface area contributed by atoms with Crippen LogP contribution in [0.3, 0.4) is 0 Å². The summed E-state index contributed by atoms with van der Waals surface area (Å²) in [6, 6.07) is 20.7. The van der Waals surface area contributed by atoms with Crippen molar-refractivity contribution in [1.82, 2.24) is 5.32 Å². The van der Waals surface area contributed by atoms with Gasteiger partial charge in [0, 0.05) is 16.6 Å². The van der Waals surface area contributed by atoms with Crippen molar-refractivity contribution >= 4 is 10.8 Å². The summed E-state index contributed by atoms with van der Waals surface area (Å²) in [5, 5.41) is 3.65. The van der Waals surface area contributed by atoms with Gasteiger partial charge in [0.05, 0.1) is 11.3 Å². The van der Waals surface area contributed by atoms with E-state index in [1.165, 1.54) is 5.56 Å². The highest BCUT2D eigenvalue weighted by Gasteiger charge is 2.33. The van der Waals surface area contributed by atoms with Gasteiger partial charge < -0.3 is 5.32 Å². The van der Waals surface area contributed by atoms with E-state index in [9.17, 15) is 4.21 Å². The fourth-order valence-corrected chi connectivity index (χ4v) is 4.87. The van der Waals surface area contributed by atoms with Crippen LogP contribution in [-0.2, 0) is 10.8 Å². The van der Waals surface area contributed by atoms with Gasteiger partial charge in [0.1, 0.15) is 0 Å². The van der Waals surface area contributed by atoms with E-state index in [1.54, 1.807) is 0 Å². The molecule has 2 nitrogen and oxygen atoms in total. The van der Waals surface area contributed by atoms with E-state index < -0.39 is 10.8 Å². The zero-order chi connectivity index (χ0) is 14.7. The molecular formula is C18H21NOS. The van der Waals surface area contributed by atoms with E-state index in [4.69, 9.17) is 0 Å². The van der Waals surface area contributed by atoms with Gasteiger partial charge >= 0.3 is 0 Å². The molecular weight excluding hydrogens is 278 g/mol. The van der Waals surface area contributed by atoms with Gasteiger partial charge in [-0.3, -0.25) is 4.21 Å². The molecule has 3 rings (SSSR count). The SMILES string of the molecule is CC1CNC(c2ccccc2)C(c2ccccc2)S(=O)C1. The third kappa shape index (κ3) is 3.25. The Labute approximate surface area is 129 Å². The predicted molar refractivity (Wildman–Crippen MR) is 88.5 cm³/mol. The van der Waals surface area contributed by atoms with Crippen molar-refractivity contribution in [2.75, 3.05) is 12.3 Å². The summed E-state index contributed by atoms with van der Waals surface area (Å²) < 4.78 is 12.9. The molecule has 1 aliphatic heterocycles. The van der Waals surface area contributed by atoms with Gasteiger partial charge in [-0.15, -0.1) is 0 Å². The maximum absolute atomic E-state index is 12.9. The third-order valence-electron chi connectivity index (χ3n) is 4.01. The predicted octanol–water partition coefficient (Wildman–Crippen LogP) is 3.46. The second-order valence-corrected chi connectivity index (χ2v) is 7.38. The van der Waals surface area contributed by atoms with E-state index >= 15 is 0 Å². The Kier molecular flexibility index (Phi) is 4.51. The molecule has 2 aromatic rings. The Morgan fingerprint density at radius 3 is 2.14 bits per heavy atom. The normalized spacial score (nSPS) is 29.8. The molecule has 1 heterocycles. The van der Waals surface area contributed by atoms with Crippen molar-refractivity contribution in [1.29, 1.82) is 0 Å². The second-order valence-electron chi connectivity index (χ2n) is 5.78. The summed E-state index contributed by atoms with van der Waals surface area (Å²) >= 11 is 0. The molecule has 1 saturated heterocycles. The first kappa shape index (κ1) is 14.5. The van der Waals surface area contributed by atoms with Crippen LogP contribution in [0.5, 0.6) is 0 Å². The average molecular weight is 299 g/mol. The lowest BCUT2D eigenvalue weighted by Crippen LogP contribution is -2.28. The van der Waals surface area contributed by atoms with E-state index in [-0.39, 0.29) is 11.3 Å². The third-order valence-corrected chi connectivity index (χ3v) is 6.02. The van der Waals surface area contributed by atoms with E-state index in [0.29, 0.717) is 5.92 Å². The smallest absolute Gasteiger partial charge is 0.0791 e. The Morgan fingerprint density at radius 1 is 0.952 bits per heavy atom. The van der Waals surface area contributed by atoms with Crippen molar-refractivity contribution < 1.29 is 4.21 Å². The fourth-order valence-electron chi connectivity index (χ4n) is 2.97. The highest BCUT2D eigenvalue weighted by atomic mass is 32.2. The molecule has 0 amide bonds. The van der Waals surface area contributed by atoms with Crippen LogP contribution in [0.4, 0.5) is 0 Å². The van der Waals surface area contributed by atoms with E-state index in [1.807, 2.05) is 24.3 Å². The van der Waals surface area contributed by atoms with Gasteiger partial charge in [0.25, 0.3) is 0 Å². The van der Waals surface area contributed by atoms with Crippen LogP contribution in [0, 0.1) is 5.92 Å². The number of rotatable bonds is 2. The molecule has 0 saturated carbocycles. The van der Waals surface area contributed by atoms with Crippen LogP contribution < -0.4 is 5.32 Å². The number of hydrogen-bond acceptors (Lipinski definition) is 2. The minimum atomic E-state index is -0.869. The molecule has 0 spiro atoms. The van der Waals surface area contributed by atoms with Crippen LogP contribution in [0.15, 0.2) is 60.7 Å². The molecule has 0 radical (unpaired) electrons. The summed E-state index contributed by atoms with van der Waals surface area (Å²) in [7, 11) is -0.869. The van der Waals surface area contributed by atoms with Gasteiger partial charge in [-0.25, -0.2) is 0 Å². The molecule has 2 aromatic carbocycles. The molecule has 110 valence electrons. The minimum Gasteiger partial charge on any atom is -0.308 e. The number of nitrogens with one attached hydrogen (secondary N) is 1. The first-order chi connectivity index (χ1) is 10.3. The highest BCUT2D eigenvalue weighted by Crippen LogP contribution is 2.36. The molecule has 0 bridgehead atoms. The van der Waals surface area contributed by atoms with Crippen molar-refractivity contribution in [3.05, 3.63) is 71.8 Å². The quantitative estimate of drug-likeness (QED) is 0.920. The summed E-state index contributed by atoms with van der Waals surface area (Å²) in [6.45, 7) is 3.08. The van der Waals surface area contributed by atoms with Crippen LogP contribution in [0.1, 0.15) is 29.3 Å². The molecule has 21 heavy (non-hydrogen) atoms. The lowest BCUT2D eigenvalue weighted by atomic mass is 9.98. The van der Waals surface area contributed by atoms with Gasteiger partial charge in [0.2, 0.25) is 0 Å². The summed E-state index contributed by atoms with van der Waals surface area (Å²) in [5.41, 5.74) is 2.38. The first-order valence-corrected chi connectivity index (χ1v) is 8.84. The van der Waals surface area contributed by atoms with Crippen LogP contribution in [0.25, 0.3) is 0 Å². The van der Waals surface area contributed by atoms with Gasteiger partial charge in [-0.2, -0.15) is 0 Å². The lowest BCUT2D eigenvalue weighted by Gasteiger charge is -2.26. The Hall–Kier alpha value is -1.45. The molecule has 4 atom stereocenters. The largest absolute Gasteiger partial charge is 0.308 e. The van der Waals surface area contributed by atoms with Crippen LogP contribution in [-0.4, -0.2) is 16.5 Å². The maximum atomic E-state index is 12.9. The molecule has 3 heteroatoms. The van der Waals surface area contributed by atoms with Crippen molar-refractivity contribution in [3.8, 4) is 0 Å². The standard InChI is InChI=1S/C18H21NOS/c1-14-12-19-17(15-8-4-2-5-9-15)18(21(20)13-14)16-10-6-3-7-11-16/h2-11,14,17-19H,12-13H2,1H3. The molecule has 1 fully saturated rings. The van der Waals surface area contributed by atoms with Crippen LogP contribution >= 0.6 is 0 Å². The summed E-state index contributed by atoms with van der Waals surface area (Å²) in [5.74, 6) is 1.20. The van der Waals surface area contributed by atoms with Gasteiger partial charge in [0.15, 0.2) is 0 Å². The Bertz CT molecular complexity index is 599. The van der Waals surface area contributed by atoms with Crippen molar-refractivity contribution in [2.24, 2.45) is 5.92 Å². The Morgan fingerprint density at radius 2 is 1.52 bits per heavy atom.